The van der Waals surface area contributed by atoms with Crippen LogP contribution in [-0.2, 0) is 6.54 Å². The number of benzene rings is 2. The van der Waals surface area contributed by atoms with E-state index in [2.05, 4.69) is 0 Å². The number of nitrogen functional groups attached to an aromatic ring is 1. The first kappa shape index (κ1) is 13.4. The van der Waals surface area contributed by atoms with E-state index < -0.39 is 0 Å². The molecule has 0 fully saturated rings. The monoisotopic (exact) mass is 280 g/mol. The Morgan fingerprint density at radius 1 is 1.05 bits per heavy atom. The molecule has 4 nitrogen and oxygen atoms in total. The van der Waals surface area contributed by atoms with Crippen LogP contribution < -0.4 is 5.73 Å². The highest BCUT2D eigenvalue weighted by Crippen LogP contribution is 2.29. The van der Waals surface area contributed by atoms with Crippen molar-refractivity contribution in [2.24, 2.45) is 0 Å². The Morgan fingerprint density at radius 2 is 1.81 bits per heavy atom. The topological polar surface area (TPSA) is 63.4 Å². The molecule has 21 heavy (non-hydrogen) atoms. The number of anilines is 1. The van der Waals surface area contributed by atoms with Crippen LogP contribution in [-0.4, -0.2) is 16.7 Å². The fourth-order valence-electron chi connectivity index (χ4n) is 2.70. The Labute approximate surface area is 123 Å². The van der Waals surface area contributed by atoms with Crippen LogP contribution in [0.15, 0.2) is 36.4 Å². The molecular formula is C17H16N2O2. The molecule has 0 saturated heterocycles. The van der Waals surface area contributed by atoms with E-state index in [9.17, 15) is 9.59 Å². The number of carbonyl (C=O) groups excluding carboxylic acids is 2. The number of nitrogens with two attached hydrogens (primary N) is 1. The summed E-state index contributed by atoms with van der Waals surface area (Å²) in [4.78, 5) is 26.1. The van der Waals surface area contributed by atoms with Gasteiger partial charge in [-0.2, -0.15) is 0 Å². The Hall–Kier alpha value is -2.62. The summed E-state index contributed by atoms with van der Waals surface area (Å²) in [5.41, 5.74) is 10.1. The van der Waals surface area contributed by atoms with Gasteiger partial charge in [0.2, 0.25) is 0 Å². The summed E-state index contributed by atoms with van der Waals surface area (Å²) in [6.07, 6.45) is 0. The summed E-state index contributed by atoms with van der Waals surface area (Å²) in [5, 5.41) is 0. The largest absolute Gasteiger partial charge is 0.398 e. The number of carbonyl (C=O) groups is 2. The number of amides is 2. The number of nitrogens with zero attached hydrogens (tertiary/aromatic N) is 1. The fraction of sp³-hybridized carbons (Fsp3) is 0.176. The van der Waals surface area contributed by atoms with Gasteiger partial charge in [-0.25, -0.2) is 0 Å². The molecule has 0 aliphatic carbocycles. The van der Waals surface area contributed by atoms with Crippen LogP contribution in [0.5, 0.6) is 0 Å². The number of hydrogen-bond donors (Lipinski definition) is 1. The normalized spacial score (nSPS) is 13.7. The fourth-order valence-corrected chi connectivity index (χ4v) is 2.70. The van der Waals surface area contributed by atoms with Gasteiger partial charge in [0.25, 0.3) is 11.8 Å². The molecule has 1 aliphatic heterocycles. The third kappa shape index (κ3) is 2.09. The number of fused-ring (bicyclic) bond motifs is 1. The first-order valence-electron chi connectivity index (χ1n) is 6.80. The molecule has 1 aliphatic rings. The highest BCUT2D eigenvalue weighted by molar-refractivity contribution is 6.23. The van der Waals surface area contributed by atoms with Crippen molar-refractivity contribution in [2.75, 3.05) is 5.73 Å². The van der Waals surface area contributed by atoms with Crippen LogP contribution in [0, 0.1) is 13.8 Å². The zero-order valence-corrected chi connectivity index (χ0v) is 12.0. The van der Waals surface area contributed by atoms with Gasteiger partial charge >= 0.3 is 0 Å². The molecule has 106 valence electrons. The van der Waals surface area contributed by atoms with Crippen LogP contribution in [0.4, 0.5) is 5.69 Å². The minimum atomic E-state index is -0.312. The van der Waals surface area contributed by atoms with E-state index in [1.54, 1.807) is 18.2 Å². The van der Waals surface area contributed by atoms with Crippen LogP contribution >= 0.6 is 0 Å². The second kappa shape index (κ2) is 4.74. The Bertz CT molecular complexity index is 765. The molecule has 3 rings (SSSR count). The quantitative estimate of drug-likeness (QED) is 0.679. The van der Waals surface area contributed by atoms with E-state index in [-0.39, 0.29) is 18.4 Å². The first-order chi connectivity index (χ1) is 9.99. The summed E-state index contributed by atoms with van der Waals surface area (Å²) in [5.74, 6) is -0.588. The third-order valence-electron chi connectivity index (χ3n) is 3.86. The lowest BCUT2D eigenvalue weighted by molar-refractivity contribution is 0.0642. The van der Waals surface area contributed by atoms with Crippen molar-refractivity contribution < 1.29 is 9.59 Å². The molecular weight excluding hydrogens is 264 g/mol. The predicted octanol–water partition coefficient (Wildman–Crippen LogP) is 2.68. The predicted molar refractivity (Wildman–Crippen MR) is 81.0 cm³/mol. The molecule has 0 bridgehead atoms. The molecule has 4 heteroatoms. The van der Waals surface area contributed by atoms with Crippen LogP contribution in [0.25, 0.3) is 0 Å². The number of aryl methyl sites for hydroxylation is 2. The molecule has 1 heterocycles. The van der Waals surface area contributed by atoms with E-state index in [1.807, 2.05) is 32.0 Å². The van der Waals surface area contributed by atoms with E-state index in [1.165, 1.54) is 4.90 Å². The summed E-state index contributed by atoms with van der Waals surface area (Å²) >= 11 is 0. The van der Waals surface area contributed by atoms with E-state index in [0.29, 0.717) is 16.8 Å². The van der Waals surface area contributed by atoms with Gasteiger partial charge in [0, 0.05) is 5.69 Å². The van der Waals surface area contributed by atoms with Gasteiger partial charge in [0.05, 0.1) is 17.7 Å². The van der Waals surface area contributed by atoms with Crippen LogP contribution in [0.1, 0.15) is 37.4 Å². The zero-order chi connectivity index (χ0) is 15.1. The minimum absolute atomic E-state index is 0.276. The lowest BCUT2D eigenvalue weighted by Crippen LogP contribution is -2.29. The highest BCUT2D eigenvalue weighted by atomic mass is 16.2. The van der Waals surface area contributed by atoms with Gasteiger partial charge in [-0.05, 0) is 37.1 Å². The van der Waals surface area contributed by atoms with Gasteiger partial charge in [0.1, 0.15) is 0 Å². The molecule has 0 saturated carbocycles. The maximum Gasteiger partial charge on any atom is 0.263 e. The second-order valence-corrected chi connectivity index (χ2v) is 5.40. The van der Waals surface area contributed by atoms with Gasteiger partial charge in [0.15, 0.2) is 0 Å². The first-order valence-corrected chi connectivity index (χ1v) is 6.80. The molecule has 2 amide bonds. The van der Waals surface area contributed by atoms with Crippen LogP contribution in [0.2, 0.25) is 0 Å². The molecule has 0 atom stereocenters. The molecule has 0 unspecified atom stereocenters. The molecule has 0 radical (unpaired) electrons. The average Bonchev–Trinajstić information content (AvgIpc) is 2.68. The van der Waals surface area contributed by atoms with E-state index in [4.69, 9.17) is 5.73 Å². The van der Waals surface area contributed by atoms with Crippen molar-refractivity contribution >= 4 is 17.5 Å². The Kier molecular flexibility index (Phi) is 3.01. The summed E-state index contributed by atoms with van der Waals surface area (Å²) in [6.45, 7) is 4.27. The van der Waals surface area contributed by atoms with Crippen molar-refractivity contribution in [3.05, 3.63) is 64.2 Å². The maximum absolute atomic E-state index is 12.4. The molecule has 2 aromatic carbocycles. The van der Waals surface area contributed by atoms with E-state index >= 15 is 0 Å². The van der Waals surface area contributed by atoms with Gasteiger partial charge in [-0.15, -0.1) is 0 Å². The Balaban J connectivity index is 1.97. The smallest absolute Gasteiger partial charge is 0.263 e. The molecule has 0 spiro atoms. The highest BCUT2D eigenvalue weighted by Gasteiger charge is 2.36. The zero-order valence-electron chi connectivity index (χ0n) is 12.0. The average molecular weight is 280 g/mol. The summed E-state index contributed by atoms with van der Waals surface area (Å²) < 4.78 is 0. The van der Waals surface area contributed by atoms with Gasteiger partial charge in [-0.1, -0.05) is 29.8 Å². The maximum atomic E-state index is 12.4. The Morgan fingerprint density at radius 3 is 2.48 bits per heavy atom. The SMILES string of the molecule is Cc1ccc(CN2C(=O)c3cccc(N)c3C2=O)c(C)c1. The van der Waals surface area contributed by atoms with Crippen molar-refractivity contribution in [1.29, 1.82) is 0 Å². The number of rotatable bonds is 2. The number of hydrogen-bond acceptors (Lipinski definition) is 3. The van der Waals surface area contributed by atoms with Crippen molar-refractivity contribution in [2.45, 2.75) is 20.4 Å². The van der Waals surface area contributed by atoms with Crippen molar-refractivity contribution in [1.82, 2.24) is 4.90 Å². The summed E-state index contributed by atoms with van der Waals surface area (Å²) in [6, 6.07) is 11.0. The van der Waals surface area contributed by atoms with Crippen LogP contribution in [0.3, 0.4) is 0 Å². The van der Waals surface area contributed by atoms with Gasteiger partial charge in [-0.3, -0.25) is 14.5 Å². The lowest BCUT2D eigenvalue weighted by Gasteiger charge is -2.16. The van der Waals surface area contributed by atoms with Crippen molar-refractivity contribution in [3.8, 4) is 0 Å². The minimum Gasteiger partial charge on any atom is -0.398 e. The summed E-state index contributed by atoms with van der Waals surface area (Å²) in [7, 11) is 0. The van der Waals surface area contributed by atoms with Gasteiger partial charge < -0.3 is 5.73 Å². The molecule has 2 aromatic rings. The van der Waals surface area contributed by atoms with Crippen molar-refractivity contribution in [3.63, 3.8) is 0 Å². The second-order valence-electron chi connectivity index (χ2n) is 5.40. The lowest BCUT2D eigenvalue weighted by atomic mass is 10.1. The van der Waals surface area contributed by atoms with E-state index in [0.717, 1.165) is 16.7 Å². The molecule has 0 aromatic heterocycles. The third-order valence-corrected chi connectivity index (χ3v) is 3.86. The molecule has 2 N–H and O–H groups in total. The standard InChI is InChI=1S/C17H16N2O2/c1-10-6-7-12(11(2)8-10)9-19-16(20)13-4-3-5-14(18)15(13)17(19)21/h3-8H,9,18H2,1-2H3. The number of imide groups is 1.